The number of hydrogen-bond acceptors (Lipinski definition) is 4. The second kappa shape index (κ2) is 6.13. The van der Waals surface area contributed by atoms with Crippen LogP contribution in [-0.4, -0.2) is 30.8 Å². The first-order valence-electron chi connectivity index (χ1n) is 8.74. The Labute approximate surface area is 141 Å². The van der Waals surface area contributed by atoms with E-state index in [4.69, 9.17) is 9.15 Å². The van der Waals surface area contributed by atoms with E-state index in [1.807, 2.05) is 18.2 Å². The molecule has 0 radical (unpaired) electrons. The molecule has 2 aromatic rings. The lowest BCUT2D eigenvalue weighted by atomic mass is 9.96. The van der Waals surface area contributed by atoms with Crippen LogP contribution >= 0.6 is 0 Å². The number of amides is 1. The lowest BCUT2D eigenvalue weighted by Crippen LogP contribution is -2.35. The third-order valence-electron chi connectivity index (χ3n) is 5.25. The molecule has 0 unspecified atom stereocenters. The normalized spacial score (nSPS) is 18.2. The molecular weight excluding hydrogens is 306 g/mol. The van der Waals surface area contributed by atoms with Gasteiger partial charge in [0.05, 0.1) is 6.61 Å². The molecule has 2 aliphatic carbocycles. The first kappa shape index (κ1) is 15.5. The smallest absolute Gasteiger partial charge is 0.257 e. The third kappa shape index (κ3) is 3.00. The van der Waals surface area contributed by atoms with Crippen molar-refractivity contribution in [3.05, 3.63) is 29.5 Å². The van der Waals surface area contributed by atoms with Crippen molar-refractivity contribution in [2.24, 2.45) is 5.41 Å². The van der Waals surface area contributed by atoms with Gasteiger partial charge in [-0.15, -0.1) is 0 Å². The minimum atomic E-state index is -0.149. The monoisotopic (exact) mass is 329 g/mol. The highest BCUT2D eigenvalue weighted by Gasteiger charge is 2.42. The van der Waals surface area contributed by atoms with Crippen LogP contribution in [0.1, 0.15) is 37.0 Å². The number of rotatable bonds is 6. The molecule has 5 nitrogen and oxygen atoms in total. The number of hydrogen-bond donors (Lipinski definition) is 2. The van der Waals surface area contributed by atoms with E-state index in [2.05, 4.69) is 5.32 Å². The van der Waals surface area contributed by atoms with Crippen molar-refractivity contribution in [3.63, 3.8) is 0 Å². The van der Waals surface area contributed by atoms with E-state index in [9.17, 15) is 9.90 Å². The summed E-state index contributed by atoms with van der Waals surface area (Å²) < 4.78 is 11.5. The number of nitrogens with one attached hydrogen (secondary N) is 1. The standard InChI is InChI=1S/C19H23NO4/c21-12-19(7-8-19)11-20-18(22)10-23-13-5-6-17-15(9-13)14-3-1-2-4-16(14)24-17/h5-6,9,21H,1-4,7-8,10-12H2,(H,20,22). The molecule has 128 valence electrons. The van der Waals surface area contributed by atoms with Gasteiger partial charge in [0.1, 0.15) is 17.1 Å². The molecule has 1 amide bonds. The van der Waals surface area contributed by atoms with Crippen LogP contribution in [0.25, 0.3) is 11.0 Å². The summed E-state index contributed by atoms with van der Waals surface area (Å²) in [6, 6.07) is 5.75. The maximum atomic E-state index is 11.9. The summed E-state index contributed by atoms with van der Waals surface area (Å²) in [4.78, 5) is 11.9. The van der Waals surface area contributed by atoms with Crippen LogP contribution in [0.3, 0.4) is 0 Å². The van der Waals surface area contributed by atoms with Crippen LogP contribution in [0.2, 0.25) is 0 Å². The molecule has 4 rings (SSSR count). The predicted octanol–water partition coefficient (Wildman–Crippen LogP) is 2.58. The fourth-order valence-electron chi connectivity index (χ4n) is 3.39. The van der Waals surface area contributed by atoms with Gasteiger partial charge in [-0.3, -0.25) is 4.79 Å². The fourth-order valence-corrected chi connectivity index (χ4v) is 3.39. The molecule has 1 fully saturated rings. The first-order chi connectivity index (χ1) is 11.7. The number of benzene rings is 1. The Kier molecular flexibility index (Phi) is 3.96. The van der Waals surface area contributed by atoms with Crippen LogP contribution in [0.5, 0.6) is 5.75 Å². The highest BCUT2D eigenvalue weighted by Crippen LogP contribution is 2.44. The summed E-state index contributed by atoms with van der Waals surface area (Å²) >= 11 is 0. The molecule has 0 spiro atoms. The minimum Gasteiger partial charge on any atom is -0.484 e. The Morgan fingerprint density at radius 1 is 1.29 bits per heavy atom. The first-order valence-corrected chi connectivity index (χ1v) is 8.74. The SMILES string of the molecule is O=C(COc1ccc2oc3c(c2c1)CCCC3)NCC1(CO)CC1. The average molecular weight is 329 g/mol. The molecule has 24 heavy (non-hydrogen) atoms. The second-order valence-corrected chi connectivity index (χ2v) is 7.09. The van der Waals surface area contributed by atoms with Gasteiger partial charge in [0, 0.05) is 29.3 Å². The topological polar surface area (TPSA) is 71.7 Å². The van der Waals surface area contributed by atoms with Gasteiger partial charge in [0.15, 0.2) is 6.61 Å². The Balaban J connectivity index is 1.38. The molecular formula is C19H23NO4. The van der Waals surface area contributed by atoms with Crippen LogP contribution < -0.4 is 10.1 Å². The van der Waals surface area contributed by atoms with E-state index in [1.54, 1.807) is 0 Å². The van der Waals surface area contributed by atoms with Crippen molar-refractivity contribution in [2.45, 2.75) is 38.5 Å². The van der Waals surface area contributed by atoms with Crippen molar-refractivity contribution in [1.82, 2.24) is 5.32 Å². The summed E-state index contributed by atoms with van der Waals surface area (Å²) in [6.45, 7) is 0.656. The summed E-state index contributed by atoms with van der Waals surface area (Å²) in [5.41, 5.74) is 2.12. The summed E-state index contributed by atoms with van der Waals surface area (Å²) in [6.07, 6.45) is 6.40. The van der Waals surface area contributed by atoms with E-state index in [0.29, 0.717) is 12.3 Å². The molecule has 0 saturated heterocycles. The van der Waals surface area contributed by atoms with Gasteiger partial charge in [-0.05, 0) is 50.3 Å². The van der Waals surface area contributed by atoms with E-state index in [1.165, 1.54) is 18.4 Å². The Morgan fingerprint density at radius 2 is 2.12 bits per heavy atom. The lowest BCUT2D eigenvalue weighted by molar-refractivity contribution is -0.123. The Hall–Kier alpha value is -2.01. The van der Waals surface area contributed by atoms with Gasteiger partial charge in [-0.25, -0.2) is 0 Å². The van der Waals surface area contributed by atoms with Gasteiger partial charge in [0.25, 0.3) is 5.91 Å². The minimum absolute atomic E-state index is 0.00689. The average Bonchev–Trinajstić information content (AvgIpc) is 3.31. The molecule has 1 aromatic heterocycles. The zero-order valence-electron chi connectivity index (χ0n) is 13.8. The molecule has 0 atom stereocenters. The quantitative estimate of drug-likeness (QED) is 0.854. The van der Waals surface area contributed by atoms with E-state index < -0.39 is 0 Å². The van der Waals surface area contributed by atoms with Gasteiger partial charge in [-0.1, -0.05) is 0 Å². The molecule has 2 N–H and O–H groups in total. The molecule has 1 aromatic carbocycles. The molecule has 0 bridgehead atoms. The fraction of sp³-hybridized carbons (Fsp3) is 0.526. The van der Waals surface area contributed by atoms with E-state index in [0.717, 1.165) is 42.4 Å². The molecule has 1 saturated carbocycles. The Morgan fingerprint density at radius 3 is 2.92 bits per heavy atom. The van der Waals surface area contributed by atoms with Crippen LogP contribution in [0, 0.1) is 5.41 Å². The second-order valence-electron chi connectivity index (χ2n) is 7.09. The van der Waals surface area contributed by atoms with E-state index in [-0.39, 0.29) is 24.5 Å². The predicted molar refractivity (Wildman–Crippen MR) is 90.1 cm³/mol. The summed E-state index contributed by atoms with van der Waals surface area (Å²) in [7, 11) is 0. The number of aliphatic hydroxyl groups is 1. The molecule has 5 heteroatoms. The highest BCUT2D eigenvalue weighted by molar-refractivity contribution is 5.84. The number of carbonyl (C=O) groups is 1. The molecule has 1 heterocycles. The maximum absolute atomic E-state index is 11.9. The number of ether oxygens (including phenoxy) is 1. The number of aryl methyl sites for hydroxylation is 2. The van der Waals surface area contributed by atoms with Crippen LogP contribution in [0.15, 0.2) is 22.6 Å². The van der Waals surface area contributed by atoms with Crippen LogP contribution in [0.4, 0.5) is 0 Å². The van der Waals surface area contributed by atoms with Crippen molar-refractivity contribution >= 4 is 16.9 Å². The van der Waals surface area contributed by atoms with Gasteiger partial charge < -0.3 is 19.6 Å². The van der Waals surface area contributed by atoms with Crippen LogP contribution in [-0.2, 0) is 17.6 Å². The number of carbonyl (C=O) groups excluding carboxylic acids is 1. The van der Waals surface area contributed by atoms with Crippen molar-refractivity contribution in [3.8, 4) is 5.75 Å². The van der Waals surface area contributed by atoms with Crippen molar-refractivity contribution in [2.75, 3.05) is 19.8 Å². The largest absolute Gasteiger partial charge is 0.484 e. The summed E-state index contributed by atoms with van der Waals surface area (Å²) in [5.74, 6) is 1.64. The molecule has 2 aliphatic rings. The zero-order valence-corrected chi connectivity index (χ0v) is 13.8. The molecule has 0 aliphatic heterocycles. The van der Waals surface area contributed by atoms with Gasteiger partial charge in [-0.2, -0.15) is 0 Å². The van der Waals surface area contributed by atoms with Crippen molar-refractivity contribution < 1.29 is 19.1 Å². The number of fused-ring (bicyclic) bond motifs is 3. The van der Waals surface area contributed by atoms with Gasteiger partial charge >= 0.3 is 0 Å². The number of furan rings is 1. The lowest BCUT2D eigenvalue weighted by Gasteiger charge is -2.13. The van der Waals surface area contributed by atoms with Gasteiger partial charge in [0.2, 0.25) is 0 Å². The maximum Gasteiger partial charge on any atom is 0.257 e. The summed E-state index contributed by atoms with van der Waals surface area (Å²) in [5, 5.41) is 13.2. The Bertz CT molecular complexity index is 760. The number of aliphatic hydroxyl groups excluding tert-OH is 1. The third-order valence-corrected chi connectivity index (χ3v) is 5.25. The highest BCUT2D eigenvalue weighted by atomic mass is 16.5. The van der Waals surface area contributed by atoms with E-state index >= 15 is 0 Å². The zero-order chi connectivity index (χ0) is 16.6. The van der Waals surface area contributed by atoms with Crippen molar-refractivity contribution in [1.29, 1.82) is 0 Å².